The molecule has 6 heteroatoms. The van der Waals surface area contributed by atoms with E-state index >= 15 is 0 Å². The van der Waals surface area contributed by atoms with Gasteiger partial charge in [-0.1, -0.05) is 304 Å². The molecule has 0 N–H and O–H groups in total. The van der Waals surface area contributed by atoms with Crippen LogP contribution in [0.3, 0.4) is 0 Å². The van der Waals surface area contributed by atoms with Gasteiger partial charge in [-0.25, -0.2) is 0 Å². The Morgan fingerprint density at radius 1 is 0.263 bits per heavy atom. The summed E-state index contributed by atoms with van der Waals surface area (Å²) in [6.45, 7) is 6.51. The average molecular weight is 1110 g/mol. The minimum absolute atomic E-state index is 0.0769. The topological polar surface area (TPSA) is 78.9 Å². The van der Waals surface area contributed by atoms with Crippen molar-refractivity contribution in [1.29, 1.82) is 0 Å². The van der Waals surface area contributed by atoms with Crippen molar-refractivity contribution in [3.63, 3.8) is 0 Å². The van der Waals surface area contributed by atoms with Gasteiger partial charge in [0.05, 0.1) is 0 Å². The van der Waals surface area contributed by atoms with Crippen LogP contribution in [0.25, 0.3) is 0 Å². The molecule has 0 amide bonds. The number of hydrogen-bond donors (Lipinski definition) is 0. The first kappa shape index (κ1) is 76.1. The second kappa shape index (κ2) is 67.6. The Morgan fingerprint density at radius 2 is 0.487 bits per heavy atom. The standard InChI is InChI=1S/C74H126O6/c1-4-7-10-13-16-19-21-23-25-27-29-30-31-32-33-34-35-36-37-38-39-40-41-42-43-44-46-47-49-51-53-55-58-61-64-67-73(76)79-70-71(69-78-72(75)66-63-60-57-18-15-12-9-6-3)80-74(77)68-65-62-59-56-54-52-50-48-45-28-26-24-22-20-17-14-11-8-5-2/h7,10,16,19,23-26,29-30,32-33,35-36,38-39,41-42,71H,4-6,8-9,11-15,17-18,20-22,27-28,31,34,37,40,43-70H2,1-3H3/b10-7-,19-16-,25-23-,26-24-,30-29-,33-32-,36-35-,39-38-,42-41-. The monoisotopic (exact) mass is 1110 g/mol. The zero-order valence-corrected chi connectivity index (χ0v) is 52.6. The van der Waals surface area contributed by atoms with Gasteiger partial charge in [-0.05, 0) is 109 Å². The molecule has 0 saturated carbocycles. The molecular formula is C74H126O6. The molecule has 0 aromatic carbocycles. The molecule has 0 aromatic heterocycles. The van der Waals surface area contributed by atoms with E-state index < -0.39 is 6.10 Å². The molecule has 0 aliphatic heterocycles. The summed E-state index contributed by atoms with van der Waals surface area (Å²) in [5.74, 6) is -0.878. The van der Waals surface area contributed by atoms with Gasteiger partial charge in [0, 0.05) is 19.3 Å². The van der Waals surface area contributed by atoms with Gasteiger partial charge in [-0.3, -0.25) is 14.4 Å². The summed E-state index contributed by atoms with van der Waals surface area (Å²) in [7, 11) is 0. The molecule has 0 bridgehead atoms. The first-order valence-corrected chi connectivity index (χ1v) is 33.9. The molecule has 0 saturated heterocycles. The van der Waals surface area contributed by atoms with Crippen LogP contribution < -0.4 is 0 Å². The van der Waals surface area contributed by atoms with Gasteiger partial charge in [-0.15, -0.1) is 0 Å². The Morgan fingerprint density at radius 3 is 0.775 bits per heavy atom. The Bertz CT molecular complexity index is 1610. The minimum Gasteiger partial charge on any atom is -0.462 e. The fourth-order valence-electron chi connectivity index (χ4n) is 9.45. The largest absolute Gasteiger partial charge is 0.462 e. The maximum atomic E-state index is 12.9. The lowest BCUT2D eigenvalue weighted by Gasteiger charge is -2.18. The SMILES string of the molecule is CC/C=C\C/C=C\C/C=C\C/C=C\C/C=C\C/C=C\C/C=C\C/C=C\CCCCCCCCCCCCC(=O)OCC(COC(=O)CCCCCCCCCC)OC(=O)CCCCCCCCCCC/C=C\CCCCCCCC. The summed E-state index contributed by atoms with van der Waals surface area (Å²) < 4.78 is 16.9. The van der Waals surface area contributed by atoms with Crippen molar-refractivity contribution >= 4 is 17.9 Å². The fraction of sp³-hybridized carbons (Fsp3) is 0.716. The van der Waals surface area contributed by atoms with Crippen LogP contribution in [0.15, 0.2) is 109 Å². The van der Waals surface area contributed by atoms with E-state index in [1.807, 2.05) is 0 Å². The van der Waals surface area contributed by atoms with Crippen molar-refractivity contribution in [3.05, 3.63) is 109 Å². The van der Waals surface area contributed by atoms with Crippen molar-refractivity contribution in [2.45, 2.75) is 329 Å². The van der Waals surface area contributed by atoms with Crippen molar-refractivity contribution in [2.24, 2.45) is 0 Å². The van der Waals surface area contributed by atoms with Crippen LogP contribution in [-0.2, 0) is 28.6 Å². The Balaban J connectivity index is 4.13. The molecule has 0 aliphatic carbocycles. The van der Waals surface area contributed by atoms with E-state index in [2.05, 4.69) is 130 Å². The quantitative estimate of drug-likeness (QED) is 0.0261. The molecule has 1 atom stereocenters. The number of rotatable bonds is 61. The highest BCUT2D eigenvalue weighted by molar-refractivity contribution is 5.71. The number of allylic oxidation sites excluding steroid dienone is 18. The summed E-state index contributed by atoms with van der Waals surface area (Å²) in [6, 6.07) is 0. The molecule has 458 valence electrons. The van der Waals surface area contributed by atoms with Crippen LogP contribution in [0.4, 0.5) is 0 Å². The molecular weight excluding hydrogens is 985 g/mol. The molecule has 0 radical (unpaired) electrons. The van der Waals surface area contributed by atoms with Crippen LogP contribution in [0.1, 0.15) is 323 Å². The lowest BCUT2D eigenvalue weighted by molar-refractivity contribution is -0.167. The lowest BCUT2D eigenvalue weighted by atomic mass is 10.0. The van der Waals surface area contributed by atoms with Gasteiger partial charge in [0.15, 0.2) is 6.10 Å². The van der Waals surface area contributed by atoms with Crippen molar-refractivity contribution in [1.82, 2.24) is 0 Å². The normalized spacial score (nSPS) is 12.8. The summed E-state index contributed by atoms with van der Waals surface area (Å²) >= 11 is 0. The first-order valence-electron chi connectivity index (χ1n) is 33.9. The van der Waals surface area contributed by atoms with Crippen LogP contribution in [-0.4, -0.2) is 37.2 Å². The average Bonchev–Trinajstić information content (AvgIpc) is 3.46. The first-order chi connectivity index (χ1) is 39.5. The van der Waals surface area contributed by atoms with Gasteiger partial charge in [0.25, 0.3) is 0 Å². The summed E-state index contributed by atoms with van der Waals surface area (Å²) in [5.41, 5.74) is 0. The number of carbonyl (C=O) groups excluding carboxylic acids is 3. The highest BCUT2D eigenvalue weighted by Crippen LogP contribution is 2.16. The second-order valence-electron chi connectivity index (χ2n) is 22.4. The molecule has 80 heavy (non-hydrogen) atoms. The van der Waals surface area contributed by atoms with Crippen LogP contribution in [0.5, 0.6) is 0 Å². The van der Waals surface area contributed by atoms with Gasteiger partial charge < -0.3 is 14.2 Å². The van der Waals surface area contributed by atoms with E-state index in [1.165, 1.54) is 173 Å². The van der Waals surface area contributed by atoms with Crippen LogP contribution >= 0.6 is 0 Å². The van der Waals surface area contributed by atoms with E-state index in [4.69, 9.17) is 14.2 Å². The molecule has 0 aliphatic rings. The summed E-state index contributed by atoms with van der Waals surface area (Å²) in [5, 5.41) is 0. The van der Waals surface area contributed by atoms with E-state index in [9.17, 15) is 14.4 Å². The predicted molar refractivity (Wildman–Crippen MR) is 348 cm³/mol. The van der Waals surface area contributed by atoms with Gasteiger partial charge in [-0.2, -0.15) is 0 Å². The third kappa shape index (κ3) is 64.9. The second-order valence-corrected chi connectivity index (χ2v) is 22.4. The van der Waals surface area contributed by atoms with Gasteiger partial charge in [0.2, 0.25) is 0 Å². The Hall–Kier alpha value is -3.93. The highest BCUT2D eigenvalue weighted by Gasteiger charge is 2.19. The molecule has 0 aromatic rings. The Kier molecular flexibility index (Phi) is 64.3. The number of unbranched alkanes of at least 4 members (excludes halogenated alkanes) is 32. The lowest BCUT2D eigenvalue weighted by Crippen LogP contribution is -2.30. The van der Waals surface area contributed by atoms with Crippen molar-refractivity contribution < 1.29 is 28.6 Å². The highest BCUT2D eigenvalue weighted by atomic mass is 16.6. The van der Waals surface area contributed by atoms with E-state index in [0.717, 1.165) is 109 Å². The molecule has 0 spiro atoms. The van der Waals surface area contributed by atoms with Gasteiger partial charge >= 0.3 is 17.9 Å². The van der Waals surface area contributed by atoms with E-state index in [1.54, 1.807) is 0 Å². The minimum atomic E-state index is -0.778. The molecule has 1 unspecified atom stereocenters. The number of ether oxygens (including phenoxy) is 3. The molecule has 6 nitrogen and oxygen atoms in total. The maximum Gasteiger partial charge on any atom is 0.306 e. The maximum absolute atomic E-state index is 12.9. The van der Waals surface area contributed by atoms with Crippen LogP contribution in [0.2, 0.25) is 0 Å². The summed E-state index contributed by atoms with van der Waals surface area (Å²) in [6.07, 6.45) is 92.7. The fourth-order valence-corrected chi connectivity index (χ4v) is 9.45. The molecule has 0 rings (SSSR count). The molecule has 0 fully saturated rings. The number of esters is 3. The van der Waals surface area contributed by atoms with Crippen molar-refractivity contribution in [2.75, 3.05) is 13.2 Å². The van der Waals surface area contributed by atoms with Gasteiger partial charge in [0.1, 0.15) is 13.2 Å². The van der Waals surface area contributed by atoms with Crippen molar-refractivity contribution in [3.8, 4) is 0 Å². The van der Waals surface area contributed by atoms with E-state index in [0.29, 0.717) is 19.3 Å². The zero-order chi connectivity index (χ0) is 57.8. The van der Waals surface area contributed by atoms with Crippen LogP contribution in [0, 0.1) is 0 Å². The number of hydrogen-bond acceptors (Lipinski definition) is 6. The predicted octanol–water partition coefficient (Wildman–Crippen LogP) is 23.4. The smallest absolute Gasteiger partial charge is 0.306 e. The van der Waals surface area contributed by atoms with E-state index in [-0.39, 0.29) is 31.1 Å². The summed E-state index contributed by atoms with van der Waals surface area (Å²) in [4.78, 5) is 38.2. The zero-order valence-electron chi connectivity index (χ0n) is 52.6. The molecule has 0 heterocycles. The third-order valence-electron chi connectivity index (χ3n) is 14.5. The third-order valence-corrected chi connectivity index (χ3v) is 14.5. The number of carbonyl (C=O) groups is 3. The Labute approximate surface area is 495 Å².